The number of amides is 1. The van der Waals surface area contributed by atoms with Gasteiger partial charge in [-0.25, -0.2) is 10.2 Å². The van der Waals surface area contributed by atoms with Crippen molar-refractivity contribution in [3.63, 3.8) is 0 Å². The second kappa shape index (κ2) is 6.45. The van der Waals surface area contributed by atoms with Gasteiger partial charge in [-0.2, -0.15) is 0 Å². The summed E-state index contributed by atoms with van der Waals surface area (Å²) in [6.45, 7) is 2.06. The fourth-order valence-electron chi connectivity index (χ4n) is 1.01. The molecule has 0 aromatic heterocycles. The molecular formula is C10H12Cl2N2O2. The van der Waals surface area contributed by atoms with E-state index in [2.05, 4.69) is 10.9 Å². The quantitative estimate of drug-likeness (QED) is 0.648. The largest absolute Gasteiger partial charge is 0.447 e. The third-order valence-corrected chi connectivity index (χ3v) is 2.20. The van der Waals surface area contributed by atoms with Gasteiger partial charge in [0.1, 0.15) is 6.61 Å². The highest BCUT2D eigenvalue weighted by atomic mass is 35.5. The minimum atomic E-state index is -0.583. The van der Waals surface area contributed by atoms with Crippen LogP contribution in [0.5, 0.6) is 0 Å². The van der Waals surface area contributed by atoms with Crippen molar-refractivity contribution in [3.05, 3.63) is 28.8 Å². The molecule has 0 saturated heterocycles. The Labute approximate surface area is 104 Å². The van der Waals surface area contributed by atoms with Crippen molar-refractivity contribution < 1.29 is 9.53 Å². The van der Waals surface area contributed by atoms with E-state index in [4.69, 9.17) is 27.9 Å². The Kier molecular flexibility index (Phi) is 5.22. The van der Waals surface area contributed by atoms with E-state index in [-0.39, 0.29) is 12.5 Å². The van der Waals surface area contributed by atoms with Crippen molar-refractivity contribution >= 4 is 35.0 Å². The molecule has 0 bridgehead atoms. The second-order valence-electron chi connectivity index (χ2n) is 3.03. The lowest BCUT2D eigenvalue weighted by Gasteiger charge is -2.11. The minimum Gasteiger partial charge on any atom is -0.447 e. The van der Waals surface area contributed by atoms with Gasteiger partial charge in [0.15, 0.2) is 0 Å². The number of carbonyl (C=O) groups is 1. The van der Waals surface area contributed by atoms with Crippen LogP contribution < -0.4 is 10.9 Å². The maximum Gasteiger partial charge on any atom is 0.425 e. The normalized spacial score (nSPS) is 9.69. The summed E-state index contributed by atoms with van der Waals surface area (Å²) >= 11 is 11.2. The number of anilines is 1. The molecule has 1 rings (SSSR count). The van der Waals surface area contributed by atoms with Crippen LogP contribution in [0.3, 0.4) is 0 Å². The average Bonchev–Trinajstić information content (AvgIpc) is 2.27. The summed E-state index contributed by atoms with van der Waals surface area (Å²) in [5, 5.41) is 0.587. The van der Waals surface area contributed by atoms with Crippen molar-refractivity contribution in [1.29, 1.82) is 0 Å². The van der Waals surface area contributed by atoms with Crippen molar-refractivity contribution in [3.8, 4) is 0 Å². The maximum absolute atomic E-state index is 11.1. The first-order valence-electron chi connectivity index (χ1n) is 4.64. The Balaban J connectivity index is 2.47. The van der Waals surface area contributed by atoms with Gasteiger partial charge in [-0.15, -0.1) is 11.6 Å². The van der Waals surface area contributed by atoms with Crippen LogP contribution >= 0.6 is 23.2 Å². The Morgan fingerprint density at radius 2 is 2.25 bits per heavy atom. The number of halogens is 2. The predicted molar refractivity (Wildman–Crippen MR) is 65.0 cm³/mol. The summed E-state index contributed by atoms with van der Waals surface area (Å²) in [6.07, 6.45) is -0.583. The zero-order valence-corrected chi connectivity index (χ0v) is 10.2. The van der Waals surface area contributed by atoms with Crippen LogP contribution in [0.2, 0.25) is 5.02 Å². The third kappa shape index (κ3) is 4.16. The number of nitrogens with one attached hydrogen (secondary N) is 2. The van der Waals surface area contributed by atoms with Crippen LogP contribution in [0, 0.1) is 6.92 Å². The minimum absolute atomic E-state index is 0.170. The molecule has 0 unspecified atom stereocenters. The SMILES string of the molecule is Cc1ccc(Cl)cc1NNC(=O)OCCCl. The van der Waals surface area contributed by atoms with E-state index in [9.17, 15) is 4.79 Å². The molecule has 1 amide bonds. The van der Waals surface area contributed by atoms with Gasteiger partial charge in [-0.3, -0.25) is 5.43 Å². The highest BCUT2D eigenvalue weighted by Gasteiger charge is 2.02. The first-order chi connectivity index (χ1) is 7.63. The highest BCUT2D eigenvalue weighted by Crippen LogP contribution is 2.19. The number of aryl methyl sites for hydroxylation is 1. The number of hydrazine groups is 1. The van der Waals surface area contributed by atoms with Gasteiger partial charge in [0.25, 0.3) is 0 Å². The van der Waals surface area contributed by atoms with Crippen molar-refractivity contribution in [2.24, 2.45) is 0 Å². The number of ether oxygens (including phenoxy) is 1. The lowest BCUT2D eigenvalue weighted by molar-refractivity contribution is 0.155. The standard InChI is InChI=1S/C10H12Cl2N2O2/c1-7-2-3-8(12)6-9(7)13-14-10(15)16-5-4-11/h2-3,6,13H,4-5H2,1H3,(H,14,15). The van der Waals surface area contributed by atoms with E-state index in [1.54, 1.807) is 12.1 Å². The lowest BCUT2D eigenvalue weighted by atomic mass is 10.2. The maximum atomic E-state index is 11.1. The fourth-order valence-corrected chi connectivity index (χ4v) is 1.26. The molecule has 1 aromatic rings. The Hall–Kier alpha value is -1.13. The number of hydrogen-bond donors (Lipinski definition) is 2. The number of alkyl halides is 1. The molecule has 0 fully saturated rings. The smallest absolute Gasteiger partial charge is 0.425 e. The second-order valence-corrected chi connectivity index (χ2v) is 3.85. The van der Waals surface area contributed by atoms with Gasteiger partial charge in [0.05, 0.1) is 11.6 Å². The molecule has 0 aliphatic heterocycles. The Morgan fingerprint density at radius 1 is 1.50 bits per heavy atom. The molecular weight excluding hydrogens is 251 g/mol. The summed E-state index contributed by atoms with van der Waals surface area (Å²) < 4.78 is 4.71. The molecule has 0 saturated carbocycles. The summed E-state index contributed by atoms with van der Waals surface area (Å²) in [7, 11) is 0. The monoisotopic (exact) mass is 262 g/mol. The zero-order valence-electron chi connectivity index (χ0n) is 8.72. The molecule has 0 aliphatic rings. The van der Waals surface area contributed by atoms with Crippen LogP contribution in [0.1, 0.15) is 5.56 Å². The van der Waals surface area contributed by atoms with E-state index >= 15 is 0 Å². The van der Waals surface area contributed by atoms with Crippen molar-refractivity contribution in [2.75, 3.05) is 17.9 Å². The van der Waals surface area contributed by atoms with Crippen LogP contribution in [0.15, 0.2) is 18.2 Å². The fraction of sp³-hybridized carbons (Fsp3) is 0.300. The molecule has 4 nitrogen and oxygen atoms in total. The van der Waals surface area contributed by atoms with Gasteiger partial charge in [0, 0.05) is 5.02 Å². The molecule has 0 atom stereocenters. The zero-order chi connectivity index (χ0) is 12.0. The van der Waals surface area contributed by atoms with Gasteiger partial charge >= 0.3 is 6.09 Å². The number of carbonyl (C=O) groups excluding carboxylic acids is 1. The summed E-state index contributed by atoms with van der Waals surface area (Å²) in [5.41, 5.74) is 6.76. The van der Waals surface area contributed by atoms with Gasteiger partial charge in [-0.1, -0.05) is 17.7 Å². The van der Waals surface area contributed by atoms with Crippen molar-refractivity contribution in [2.45, 2.75) is 6.92 Å². The third-order valence-electron chi connectivity index (χ3n) is 1.81. The molecule has 16 heavy (non-hydrogen) atoms. The van der Waals surface area contributed by atoms with Gasteiger partial charge < -0.3 is 4.74 Å². The summed E-state index contributed by atoms with van der Waals surface area (Å²) in [6, 6.07) is 5.32. The first-order valence-corrected chi connectivity index (χ1v) is 5.55. The van der Waals surface area contributed by atoms with Gasteiger partial charge in [-0.05, 0) is 24.6 Å². The predicted octanol–water partition coefficient (Wildman–Crippen LogP) is 2.94. The van der Waals surface area contributed by atoms with Crippen LogP contribution in [-0.4, -0.2) is 18.6 Å². The molecule has 0 radical (unpaired) electrons. The van der Waals surface area contributed by atoms with E-state index in [0.29, 0.717) is 5.02 Å². The molecule has 0 aliphatic carbocycles. The average molecular weight is 263 g/mol. The molecule has 1 aromatic carbocycles. The van der Waals surface area contributed by atoms with E-state index < -0.39 is 6.09 Å². The molecule has 0 heterocycles. The summed E-state index contributed by atoms with van der Waals surface area (Å²) in [5.74, 6) is 0.267. The molecule has 88 valence electrons. The number of benzene rings is 1. The Morgan fingerprint density at radius 3 is 2.94 bits per heavy atom. The molecule has 2 N–H and O–H groups in total. The molecule has 0 spiro atoms. The van der Waals surface area contributed by atoms with Crippen LogP contribution in [0.25, 0.3) is 0 Å². The van der Waals surface area contributed by atoms with E-state index in [1.807, 2.05) is 13.0 Å². The highest BCUT2D eigenvalue weighted by molar-refractivity contribution is 6.30. The van der Waals surface area contributed by atoms with E-state index in [0.717, 1.165) is 11.3 Å². The van der Waals surface area contributed by atoms with Crippen molar-refractivity contribution in [1.82, 2.24) is 5.43 Å². The topological polar surface area (TPSA) is 50.4 Å². The number of hydrogen-bond acceptors (Lipinski definition) is 3. The Bertz CT molecular complexity index is 372. The lowest BCUT2D eigenvalue weighted by Crippen LogP contribution is -2.30. The van der Waals surface area contributed by atoms with E-state index in [1.165, 1.54) is 0 Å². The van der Waals surface area contributed by atoms with Gasteiger partial charge in [0.2, 0.25) is 0 Å². The summed E-state index contributed by atoms with van der Waals surface area (Å²) in [4.78, 5) is 11.1. The van der Waals surface area contributed by atoms with Crippen LogP contribution in [-0.2, 0) is 4.74 Å². The number of rotatable bonds is 4. The first kappa shape index (κ1) is 12.9. The molecule has 6 heteroatoms. The van der Waals surface area contributed by atoms with Crippen LogP contribution in [0.4, 0.5) is 10.5 Å².